The molecular weight excluding hydrogens is 283 g/mol. The van der Waals surface area contributed by atoms with Gasteiger partial charge in [-0.15, -0.1) is 0 Å². The molecular formula is C13H19I. The average molecular weight is 302 g/mol. The maximum atomic E-state index is 3.81. The summed E-state index contributed by atoms with van der Waals surface area (Å²) in [5.41, 5.74) is 1.61. The van der Waals surface area contributed by atoms with Crippen LogP contribution in [0.1, 0.15) is 32.1 Å². The summed E-state index contributed by atoms with van der Waals surface area (Å²) in [6.45, 7) is 3.81. The first-order valence-corrected chi connectivity index (χ1v) is 6.93. The highest BCUT2D eigenvalue weighted by Gasteiger charge is 2.13. The smallest absolute Gasteiger partial charge is 0.000168 e. The van der Waals surface area contributed by atoms with Gasteiger partial charge in [-0.2, -0.15) is 0 Å². The number of alkyl halides is 1. The van der Waals surface area contributed by atoms with E-state index in [0.29, 0.717) is 0 Å². The Labute approximate surface area is 101 Å². The fourth-order valence-electron chi connectivity index (χ4n) is 1.98. The summed E-state index contributed by atoms with van der Waals surface area (Å²) in [7, 11) is 0. The SMILES string of the molecule is C=C/C=C(\CCCI)C1CC=CCC1. The van der Waals surface area contributed by atoms with Crippen LogP contribution in [0.25, 0.3) is 0 Å². The van der Waals surface area contributed by atoms with Crippen molar-refractivity contribution in [3.05, 3.63) is 36.5 Å². The summed E-state index contributed by atoms with van der Waals surface area (Å²) in [4.78, 5) is 0. The van der Waals surface area contributed by atoms with Crippen molar-refractivity contribution in [1.82, 2.24) is 0 Å². The van der Waals surface area contributed by atoms with E-state index in [4.69, 9.17) is 0 Å². The monoisotopic (exact) mass is 302 g/mol. The number of hydrogen-bond donors (Lipinski definition) is 0. The number of allylic oxidation sites excluding steroid dienone is 5. The first-order valence-electron chi connectivity index (χ1n) is 5.41. The Kier molecular flexibility index (Phi) is 6.24. The fourth-order valence-corrected chi connectivity index (χ4v) is 2.36. The topological polar surface area (TPSA) is 0 Å². The average Bonchev–Trinajstić information content (AvgIpc) is 2.25. The van der Waals surface area contributed by atoms with Crippen molar-refractivity contribution in [2.24, 2.45) is 5.92 Å². The molecule has 1 aliphatic rings. The Balaban J connectivity index is 2.52. The highest BCUT2D eigenvalue weighted by molar-refractivity contribution is 14.1. The Morgan fingerprint density at radius 2 is 2.36 bits per heavy atom. The van der Waals surface area contributed by atoms with Gasteiger partial charge in [0.25, 0.3) is 0 Å². The van der Waals surface area contributed by atoms with Gasteiger partial charge in [0.2, 0.25) is 0 Å². The van der Waals surface area contributed by atoms with Gasteiger partial charge < -0.3 is 0 Å². The minimum absolute atomic E-state index is 0.793. The molecule has 78 valence electrons. The van der Waals surface area contributed by atoms with Crippen molar-refractivity contribution in [2.75, 3.05) is 4.43 Å². The molecule has 0 aromatic carbocycles. The van der Waals surface area contributed by atoms with Gasteiger partial charge in [-0.3, -0.25) is 0 Å². The van der Waals surface area contributed by atoms with E-state index in [0.717, 1.165) is 5.92 Å². The van der Waals surface area contributed by atoms with Crippen LogP contribution >= 0.6 is 22.6 Å². The van der Waals surface area contributed by atoms with Crippen LogP contribution < -0.4 is 0 Å². The van der Waals surface area contributed by atoms with Crippen LogP contribution in [-0.4, -0.2) is 4.43 Å². The van der Waals surface area contributed by atoms with Crippen LogP contribution in [0.2, 0.25) is 0 Å². The summed E-state index contributed by atoms with van der Waals surface area (Å²) < 4.78 is 1.26. The second-order valence-electron chi connectivity index (χ2n) is 3.75. The fraction of sp³-hybridized carbons (Fsp3) is 0.538. The van der Waals surface area contributed by atoms with E-state index in [-0.39, 0.29) is 0 Å². The molecule has 0 amide bonds. The van der Waals surface area contributed by atoms with Gasteiger partial charge >= 0.3 is 0 Å². The molecule has 0 N–H and O–H groups in total. The van der Waals surface area contributed by atoms with Gasteiger partial charge in [-0.1, -0.05) is 59.0 Å². The van der Waals surface area contributed by atoms with Crippen molar-refractivity contribution in [3.8, 4) is 0 Å². The Morgan fingerprint density at radius 3 is 2.93 bits per heavy atom. The Morgan fingerprint density at radius 1 is 1.50 bits per heavy atom. The number of halogens is 1. The summed E-state index contributed by atoms with van der Waals surface area (Å²) in [5.74, 6) is 0.793. The lowest BCUT2D eigenvalue weighted by Gasteiger charge is -2.21. The molecule has 1 atom stereocenters. The highest BCUT2D eigenvalue weighted by atomic mass is 127. The summed E-state index contributed by atoms with van der Waals surface area (Å²) in [6.07, 6.45) is 15.2. The lowest BCUT2D eigenvalue weighted by Crippen LogP contribution is -2.06. The zero-order valence-electron chi connectivity index (χ0n) is 8.71. The third-order valence-electron chi connectivity index (χ3n) is 2.72. The van der Waals surface area contributed by atoms with Gasteiger partial charge in [0.05, 0.1) is 0 Å². The number of rotatable bonds is 5. The zero-order valence-corrected chi connectivity index (χ0v) is 10.9. The van der Waals surface area contributed by atoms with Crippen LogP contribution in [-0.2, 0) is 0 Å². The lowest BCUT2D eigenvalue weighted by atomic mass is 9.85. The first-order chi connectivity index (χ1) is 6.88. The van der Waals surface area contributed by atoms with E-state index in [1.54, 1.807) is 5.57 Å². The molecule has 0 aliphatic heterocycles. The Hall–Kier alpha value is -0.0500. The molecule has 0 saturated carbocycles. The molecule has 0 spiro atoms. The molecule has 0 heterocycles. The third kappa shape index (κ3) is 3.99. The molecule has 1 aliphatic carbocycles. The molecule has 1 heteroatoms. The minimum atomic E-state index is 0.793. The molecule has 1 rings (SSSR count). The molecule has 1 unspecified atom stereocenters. The van der Waals surface area contributed by atoms with Crippen LogP contribution in [0.5, 0.6) is 0 Å². The summed E-state index contributed by atoms with van der Waals surface area (Å²) in [5, 5.41) is 0. The molecule has 0 radical (unpaired) electrons. The zero-order chi connectivity index (χ0) is 10.2. The molecule has 14 heavy (non-hydrogen) atoms. The number of hydrogen-bond acceptors (Lipinski definition) is 0. The van der Waals surface area contributed by atoms with Crippen molar-refractivity contribution < 1.29 is 0 Å². The summed E-state index contributed by atoms with van der Waals surface area (Å²) in [6, 6.07) is 0. The van der Waals surface area contributed by atoms with Crippen LogP contribution in [0, 0.1) is 5.92 Å². The van der Waals surface area contributed by atoms with Crippen LogP contribution in [0.3, 0.4) is 0 Å². The molecule has 0 nitrogen and oxygen atoms in total. The van der Waals surface area contributed by atoms with E-state index >= 15 is 0 Å². The maximum Gasteiger partial charge on any atom is -0.000168 e. The molecule has 0 saturated heterocycles. The largest absolute Gasteiger partial charge is 0.0991 e. The third-order valence-corrected chi connectivity index (χ3v) is 3.49. The maximum absolute atomic E-state index is 3.81. The van der Waals surface area contributed by atoms with Gasteiger partial charge in [-0.25, -0.2) is 0 Å². The van der Waals surface area contributed by atoms with Crippen molar-refractivity contribution in [1.29, 1.82) is 0 Å². The van der Waals surface area contributed by atoms with E-state index in [2.05, 4.69) is 47.4 Å². The quantitative estimate of drug-likeness (QED) is 0.300. The van der Waals surface area contributed by atoms with E-state index in [1.807, 2.05) is 6.08 Å². The normalized spacial score (nSPS) is 22.4. The van der Waals surface area contributed by atoms with Crippen LogP contribution in [0.4, 0.5) is 0 Å². The first kappa shape index (κ1) is 12.0. The lowest BCUT2D eigenvalue weighted by molar-refractivity contribution is 0.532. The predicted molar refractivity (Wildman–Crippen MR) is 72.9 cm³/mol. The van der Waals surface area contributed by atoms with E-state index in [1.165, 1.54) is 36.5 Å². The minimum Gasteiger partial charge on any atom is -0.0991 e. The van der Waals surface area contributed by atoms with E-state index in [9.17, 15) is 0 Å². The van der Waals surface area contributed by atoms with Crippen molar-refractivity contribution >= 4 is 22.6 Å². The van der Waals surface area contributed by atoms with E-state index < -0.39 is 0 Å². The van der Waals surface area contributed by atoms with Gasteiger partial charge in [0, 0.05) is 0 Å². The van der Waals surface area contributed by atoms with Crippen molar-refractivity contribution in [3.63, 3.8) is 0 Å². The van der Waals surface area contributed by atoms with Gasteiger partial charge in [-0.05, 0) is 42.4 Å². The van der Waals surface area contributed by atoms with Gasteiger partial charge in [0.15, 0.2) is 0 Å². The predicted octanol–water partition coefficient (Wildman–Crippen LogP) is 4.67. The highest BCUT2D eigenvalue weighted by Crippen LogP contribution is 2.28. The van der Waals surface area contributed by atoms with Crippen LogP contribution in [0.15, 0.2) is 36.5 Å². The Bertz CT molecular complexity index is 225. The molecule has 0 bridgehead atoms. The second kappa shape index (κ2) is 7.27. The summed E-state index contributed by atoms with van der Waals surface area (Å²) >= 11 is 2.45. The molecule has 0 fully saturated rings. The standard InChI is InChI=1S/C13H19I/c1-2-7-12(10-6-11-14)13-8-4-3-5-9-13/h2-4,7,13H,1,5-6,8-11H2/b12-7+. The van der Waals surface area contributed by atoms with Crippen molar-refractivity contribution in [2.45, 2.75) is 32.1 Å². The second-order valence-corrected chi connectivity index (χ2v) is 4.83. The molecule has 0 aromatic rings. The molecule has 0 aromatic heterocycles. The van der Waals surface area contributed by atoms with Gasteiger partial charge in [0.1, 0.15) is 0 Å².